The highest BCUT2D eigenvalue weighted by Gasteiger charge is 2.51. The number of imidazole rings is 1. The fourth-order valence-electron chi connectivity index (χ4n) is 2.58. The average molecular weight is 366 g/mol. The summed E-state index contributed by atoms with van der Waals surface area (Å²) >= 11 is 0. The molecular weight excluding hydrogens is 348 g/mol. The lowest BCUT2D eigenvalue weighted by atomic mass is 10.1. The number of carbonyl (C=O) groups excluding carboxylic acids is 3. The molecule has 11 nitrogen and oxygen atoms in total. The number of aromatic nitrogens is 2. The third kappa shape index (κ3) is 4.09. The van der Waals surface area contributed by atoms with Gasteiger partial charge in [0.15, 0.2) is 24.1 Å². The van der Waals surface area contributed by atoms with E-state index < -0.39 is 42.4 Å². The number of ether oxygens (including phenoxy) is 4. The minimum absolute atomic E-state index is 0.00985. The number of nitriles is 1. The maximum Gasteiger partial charge on any atom is 0.303 e. The van der Waals surface area contributed by atoms with Gasteiger partial charge in [0.25, 0.3) is 0 Å². The Balaban J connectivity index is 2.39. The van der Waals surface area contributed by atoms with Crippen LogP contribution in [0.5, 0.6) is 0 Å². The van der Waals surface area contributed by atoms with Gasteiger partial charge in [-0.2, -0.15) is 5.26 Å². The maximum atomic E-state index is 11.5. The number of anilines is 1. The van der Waals surface area contributed by atoms with E-state index in [0.29, 0.717) is 0 Å². The zero-order valence-electron chi connectivity index (χ0n) is 14.4. The number of hydrogen-bond acceptors (Lipinski definition) is 10. The lowest BCUT2D eigenvalue weighted by Crippen LogP contribution is -2.40. The number of carbonyl (C=O) groups is 3. The van der Waals surface area contributed by atoms with E-state index >= 15 is 0 Å². The Morgan fingerprint density at radius 3 is 2.35 bits per heavy atom. The molecule has 2 heterocycles. The highest BCUT2D eigenvalue weighted by molar-refractivity contribution is 5.68. The molecule has 1 aromatic rings. The van der Waals surface area contributed by atoms with Crippen LogP contribution in [0.3, 0.4) is 0 Å². The van der Waals surface area contributed by atoms with Crippen LogP contribution in [0, 0.1) is 11.3 Å². The SMILES string of the molecule is CC(=O)OC[C@H]1O[C@@H](n2cnc(C#N)c2N)C(OC(C)=O)C1OC(C)=O. The number of rotatable bonds is 5. The molecule has 26 heavy (non-hydrogen) atoms. The molecule has 2 unspecified atom stereocenters. The predicted molar refractivity (Wildman–Crippen MR) is 83.0 cm³/mol. The molecule has 0 bridgehead atoms. The van der Waals surface area contributed by atoms with Gasteiger partial charge in [0.05, 0.1) is 0 Å². The topological polar surface area (TPSA) is 156 Å². The van der Waals surface area contributed by atoms with E-state index in [2.05, 4.69) is 4.98 Å². The van der Waals surface area contributed by atoms with E-state index in [1.807, 2.05) is 6.07 Å². The molecule has 0 amide bonds. The first-order valence-corrected chi connectivity index (χ1v) is 7.60. The number of nitrogen functional groups attached to an aromatic ring is 1. The molecule has 140 valence electrons. The molecule has 1 aliphatic rings. The van der Waals surface area contributed by atoms with Gasteiger partial charge in [-0.15, -0.1) is 0 Å². The Bertz CT molecular complexity index is 754. The van der Waals surface area contributed by atoms with Gasteiger partial charge in [-0.3, -0.25) is 19.0 Å². The molecule has 0 aromatic carbocycles. The largest absolute Gasteiger partial charge is 0.463 e. The molecule has 1 aliphatic heterocycles. The second-order valence-electron chi connectivity index (χ2n) is 5.51. The average Bonchev–Trinajstić information content (AvgIpc) is 3.06. The number of esters is 3. The summed E-state index contributed by atoms with van der Waals surface area (Å²) in [6.45, 7) is 3.34. The van der Waals surface area contributed by atoms with Crippen LogP contribution >= 0.6 is 0 Å². The van der Waals surface area contributed by atoms with Crippen molar-refractivity contribution in [2.24, 2.45) is 0 Å². The quantitative estimate of drug-likeness (QED) is 0.540. The van der Waals surface area contributed by atoms with Crippen LogP contribution < -0.4 is 5.73 Å². The molecule has 1 aromatic heterocycles. The lowest BCUT2D eigenvalue weighted by molar-refractivity contribution is -0.166. The molecular formula is C15H18N4O7. The van der Waals surface area contributed by atoms with Crippen LogP contribution in [0.25, 0.3) is 0 Å². The van der Waals surface area contributed by atoms with Gasteiger partial charge in [-0.25, -0.2) is 4.98 Å². The lowest BCUT2D eigenvalue weighted by Gasteiger charge is -2.24. The van der Waals surface area contributed by atoms with Gasteiger partial charge in [-0.05, 0) is 0 Å². The third-order valence-electron chi connectivity index (χ3n) is 3.55. The van der Waals surface area contributed by atoms with Gasteiger partial charge in [-0.1, -0.05) is 0 Å². The Kier molecular flexibility index (Phi) is 5.78. The highest BCUT2D eigenvalue weighted by Crippen LogP contribution is 2.36. The second-order valence-corrected chi connectivity index (χ2v) is 5.51. The van der Waals surface area contributed by atoms with E-state index in [-0.39, 0.29) is 18.1 Å². The summed E-state index contributed by atoms with van der Waals surface area (Å²) < 4.78 is 22.5. The first kappa shape index (κ1) is 19.2. The van der Waals surface area contributed by atoms with Crippen LogP contribution in [0.1, 0.15) is 32.7 Å². The molecule has 0 aliphatic carbocycles. The van der Waals surface area contributed by atoms with Gasteiger partial charge >= 0.3 is 17.9 Å². The van der Waals surface area contributed by atoms with E-state index in [9.17, 15) is 14.4 Å². The predicted octanol–water partition coefficient (Wildman–Crippen LogP) is -0.339. The Morgan fingerprint density at radius 2 is 1.85 bits per heavy atom. The Labute approximate surface area is 148 Å². The monoisotopic (exact) mass is 366 g/mol. The molecule has 0 saturated carbocycles. The van der Waals surface area contributed by atoms with Gasteiger partial charge < -0.3 is 24.7 Å². The molecule has 0 spiro atoms. The second kappa shape index (κ2) is 7.83. The van der Waals surface area contributed by atoms with E-state index in [1.54, 1.807) is 0 Å². The summed E-state index contributed by atoms with van der Waals surface area (Å²) in [6.07, 6.45) is -2.83. The van der Waals surface area contributed by atoms with Crippen molar-refractivity contribution in [1.29, 1.82) is 5.26 Å². The Hall–Kier alpha value is -3.13. The van der Waals surface area contributed by atoms with Crippen molar-refractivity contribution in [2.45, 2.75) is 45.3 Å². The van der Waals surface area contributed by atoms with E-state index in [1.165, 1.54) is 31.7 Å². The van der Waals surface area contributed by atoms with Crippen molar-refractivity contribution in [3.05, 3.63) is 12.0 Å². The number of nitrogens with two attached hydrogens (primary N) is 1. The number of nitrogens with zero attached hydrogens (tertiary/aromatic N) is 3. The van der Waals surface area contributed by atoms with Crippen molar-refractivity contribution in [3.8, 4) is 6.07 Å². The molecule has 1 saturated heterocycles. The van der Waals surface area contributed by atoms with Crippen molar-refractivity contribution in [3.63, 3.8) is 0 Å². The van der Waals surface area contributed by atoms with Crippen LogP contribution in [0.2, 0.25) is 0 Å². The zero-order valence-corrected chi connectivity index (χ0v) is 14.4. The first-order chi connectivity index (χ1) is 12.2. The summed E-state index contributed by atoms with van der Waals surface area (Å²) in [5, 5.41) is 9.00. The third-order valence-corrected chi connectivity index (χ3v) is 3.55. The molecule has 0 radical (unpaired) electrons. The molecule has 2 N–H and O–H groups in total. The highest BCUT2D eigenvalue weighted by atomic mass is 16.7. The minimum Gasteiger partial charge on any atom is -0.463 e. The summed E-state index contributed by atoms with van der Waals surface area (Å²) in [5.41, 5.74) is 5.83. The van der Waals surface area contributed by atoms with Crippen LogP contribution in [-0.2, 0) is 33.3 Å². The summed E-state index contributed by atoms with van der Waals surface area (Å²) in [4.78, 5) is 37.9. The van der Waals surface area contributed by atoms with E-state index in [4.69, 9.17) is 29.9 Å². The molecule has 4 atom stereocenters. The smallest absolute Gasteiger partial charge is 0.303 e. The zero-order chi connectivity index (χ0) is 19.4. The van der Waals surface area contributed by atoms with Crippen molar-refractivity contribution in [2.75, 3.05) is 12.3 Å². The molecule has 2 rings (SSSR count). The normalized spacial score (nSPS) is 24.5. The minimum atomic E-state index is -1.08. The fourth-order valence-corrected chi connectivity index (χ4v) is 2.58. The van der Waals surface area contributed by atoms with Crippen molar-refractivity contribution >= 4 is 23.7 Å². The Morgan fingerprint density at radius 1 is 1.23 bits per heavy atom. The van der Waals surface area contributed by atoms with Crippen LogP contribution in [0.15, 0.2) is 6.33 Å². The summed E-state index contributed by atoms with van der Waals surface area (Å²) in [5.74, 6) is -1.85. The van der Waals surface area contributed by atoms with Gasteiger partial charge in [0.2, 0.25) is 0 Å². The number of hydrogen-bond donors (Lipinski definition) is 1. The summed E-state index contributed by atoms with van der Waals surface area (Å²) in [6, 6.07) is 1.81. The standard InChI is InChI=1S/C15H18N4O7/c1-7(20)23-5-11-12(24-8(2)21)13(25-9(3)22)15(26-11)19-6-18-10(4-16)14(19)17/h6,11-13,15H,5,17H2,1-3H3/t11-,12?,13?,15-/m1/s1. The van der Waals surface area contributed by atoms with E-state index in [0.717, 1.165) is 0 Å². The first-order valence-electron chi connectivity index (χ1n) is 7.60. The van der Waals surface area contributed by atoms with Gasteiger partial charge in [0, 0.05) is 20.8 Å². The van der Waals surface area contributed by atoms with Crippen molar-refractivity contribution in [1.82, 2.24) is 9.55 Å². The van der Waals surface area contributed by atoms with Crippen LogP contribution in [0.4, 0.5) is 5.82 Å². The molecule has 1 fully saturated rings. The van der Waals surface area contributed by atoms with Crippen LogP contribution in [-0.4, -0.2) is 52.4 Å². The van der Waals surface area contributed by atoms with Gasteiger partial charge in [0.1, 0.15) is 30.9 Å². The van der Waals surface area contributed by atoms with Crippen molar-refractivity contribution < 1.29 is 33.3 Å². The summed E-state index contributed by atoms with van der Waals surface area (Å²) in [7, 11) is 0. The molecule has 11 heteroatoms. The fraction of sp³-hybridized carbons (Fsp3) is 0.533. The maximum absolute atomic E-state index is 11.5.